The Morgan fingerprint density at radius 2 is 2.53 bits per heavy atom. The Hall–Kier alpha value is -1.18. The van der Waals surface area contributed by atoms with Crippen LogP contribution in [0.1, 0.15) is 24.3 Å². The highest BCUT2D eigenvalue weighted by atomic mass is 32.1. The maximum atomic E-state index is 11.7. The quantitative estimate of drug-likeness (QED) is 0.828. The van der Waals surface area contributed by atoms with Gasteiger partial charge in [-0.2, -0.15) is 0 Å². The summed E-state index contributed by atoms with van der Waals surface area (Å²) >= 11 is 1.24. The van der Waals surface area contributed by atoms with Gasteiger partial charge in [0.1, 0.15) is 11.8 Å². The van der Waals surface area contributed by atoms with Crippen LogP contribution in [0.15, 0.2) is 5.38 Å². The minimum Gasteiger partial charge on any atom is -0.375 e. The second-order valence-corrected chi connectivity index (χ2v) is 5.12. The number of hydrogen-bond donors (Lipinski definition) is 2. The number of aromatic nitrogens is 1. The lowest BCUT2D eigenvalue weighted by Gasteiger charge is -2.17. The number of amides is 1. The van der Waals surface area contributed by atoms with Gasteiger partial charge in [0.05, 0.1) is 6.61 Å². The molecule has 1 unspecified atom stereocenters. The average Bonchev–Trinajstić information content (AvgIpc) is 2.81. The van der Waals surface area contributed by atoms with Crippen molar-refractivity contribution < 1.29 is 14.3 Å². The molecule has 2 heterocycles. The van der Waals surface area contributed by atoms with Crippen LogP contribution in [0.3, 0.4) is 0 Å². The van der Waals surface area contributed by atoms with Gasteiger partial charge >= 0.3 is 0 Å². The van der Waals surface area contributed by atoms with Crippen LogP contribution in [0, 0.1) is 0 Å². The molecule has 1 aromatic rings. The second-order valence-electron chi connectivity index (χ2n) is 4.23. The normalized spacial score (nSPS) is 22.6. The van der Waals surface area contributed by atoms with Gasteiger partial charge in [0.25, 0.3) is 5.91 Å². The Morgan fingerprint density at radius 1 is 1.76 bits per heavy atom. The van der Waals surface area contributed by atoms with Crippen molar-refractivity contribution in [3.63, 3.8) is 0 Å². The molecular weight excluding hydrogens is 242 g/mol. The first-order chi connectivity index (χ1) is 7.96. The van der Waals surface area contributed by atoms with Crippen molar-refractivity contribution >= 4 is 22.4 Å². The second kappa shape index (κ2) is 4.59. The number of thiazole rings is 1. The van der Waals surface area contributed by atoms with Crippen LogP contribution in [-0.4, -0.2) is 35.9 Å². The number of carbonyl (C=O) groups excluding carboxylic acids is 1. The molecule has 1 atom stereocenters. The fourth-order valence-corrected chi connectivity index (χ4v) is 2.10. The molecule has 6 nitrogen and oxygen atoms in total. The highest BCUT2D eigenvalue weighted by Crippen LogP contribution is 2.21. The molecule has 1 aliphatic heterocycles. The molecule has 17 heavy (non-hydrogen) atoms. The number of nitrogens with two attached hydrogens (primary N) is 1. The average molecular weight is 257 g/mol. The Bertz CT molecular complexity index is 419. The summed E-state index contributed by atoms with van der Waals surface area (Å²) in [5.74, 6) is -0.813. The SMILES string of the molecule is CC1(C)OCC(CNC(=O)c2csc(N)n2)O1. The molecular formula is C10H15N3O3S. The molecule has 2 rings (SSSR count). The van der Waals surface area contributed by atoms with Crippen molar-refractivity contribution in [2.24, 2.45) is 0 Å². The molecule has 0 spiro atoms. The summed E-state index contributed by atoms with van der Waals surface area (Å²) < 4.78 is 10.9. The van der Waals surface area contributed by atoms with Crippen LogP contribution in [0.4, 0.5) is 5.13 Å². The summed E-state index contributed by atoms with van der Waals surface area (Å²) in [6, 6.07) is 0. The minimum absolute atomic E-state index is 0.120. The lowest BCUT2D eigenvalue weighted by atomic mass is 10.3. The molecule has 0 radical (unpaired) electrons. The van der Waals surface area contributed by atoms with Gasteiger partial charge in [0, 0.05) is 11.9 Å². The van der Waals surface area contributed by atoms with Crippen molar-refractivity contribution in [2.45, 2.75) is 25.7 Å². The zero-order chi connectivity index (χ0) is 12.5. The van der Waals surface area contributed by atoms with E-state index in [2.05, 4.69) is 10.3 Å². The van der Waals surface area contributed by atoms with Crippen molar-refractivity contribution in [2.75, 3.05) is 18.9 Å². The van der Waals surface area contributed by atoms with Crippen LogP contribution < -0.4 is 11.1 Å². The van der Waals surface area contributed by atoms with E-state index in [1.54, 1.807) is 5.38 Å². The molecule has 1 aromatic heterocycles. The van der Waals surface area contributed by atoms with E-state index in [1.165, 1.54) is 11.3 Å². The number of nitrogen functional groups attached to an aromatic ring is 1. The number of anilines is 1. The zero-order valence-electron chi connectivity index (χ0n) is 9.73. The number of nitrogens with zero attached hydrogens (tertiary/aromatic N) is 1. The molecule has 1 fully saturated rings. The van der Waals surface area contributed by atoms with E-state index in [4.69, 9.17) is 15.2 Å². The van der Waals surface area contributed by atoms with Gasteiger partial charge in [-0.25, -0.2) is 4.98 Å². The maximum Gasteiger partial charge on any atom is 0.270 e. The number of rotatable bonds is 3. The van der Waals surface area contributed by atoms with E-state index in [0.717, 1.165) is 0 Å². The third-order valence-electron chi connectivity index (χ3n) is 2.31. The van der Waals surface area contributed by atoms with Gasteiger partial charge < -0.3 is 20.5 Å². The molecule has 7 heteroatoms. The topological polar surface area (TPSA) is 86.5 Å². The summed E-state index contributed by atoms with van der Waals surface area (Å²) in [6.45, 7) is 4.57. The molecule has 1 saturated heterocycles. The Morgan fingerprint density at radius 3 is 3.06 bits per heavy atom. The van der Waals surface area contributed by atoms with Crippen LogP contribution in [0.5, 0.6) is 0 Å². The summed E-state index contributed by atoms with van der Waals surface area (Å²) in [7, 11) is 0. The van der Waals surface area contributed by atoms with Gasteiger partial charge in [-0.1, -0.05) is 0 Å². The summed E-state index contributed by atoms with van der Waals surface area (Å²) in [4.78, 5) is 15.6. The third kappa shape index (κ3) is 3.15. The Balaban J connectivity index is 1.81. The van der Waals surface area contributed by atoms with Crippen molar-refractivity contribution in [3.8, 4) is 0 Å². The molecule has 0 aromatic carbocycles. The smallest absolute Gasteiger partial charge is 0.270 e. The molecule has 0 bridgehead atoms. The standard InChI is InChI=1S/C10H15N3O3S/c1-10(2)15-4-6(16-10)3-12-8(14)7-5-17-9(11)13-7/h5-6H,3-4H2,1-2H3,(H2,11,13)(H,12,14). The van der Waals surface area contributed by atoms with Crippen molar-refractivity contribution in [1.29, 1.82) is 0 Å². The van der Waals surface area contributed by atoms with Crippen LogP contribution in [0.2, 0.25) is 0 Å². The van der Waals surface area contributed by atoms with E-state index in [1.807, 2.05) is 13.8 Å². The van der Waals surface area contributed by atoms with Crippen LogP contribution in [0.25, 0.3) is 0 Å². The van der Waals surface area contributed by atoms with Gasteiger partial charge in [-0.15, -0.1) is 11.3 Å². The number of carbonyl (C=O) groups is 1. The van der Waals surface area contributed by atoms with E-state index in [9.17, 15) is 4.79 Å². The molecule has 1 amide bonds. The van der Waals surface area contributed by atoms with Gasteiger partial charge in [-0.05, 0) is 13.8 Å². The van der Waals surface area contributed by atoms with Gasteiger partial charge in [0.15, 0.2) is 10.9 Å². The summed E-state index contributed by atoms with van der Waals surface area (Å²) in [6.07, 6.45) is -0.120. The fraction of sp³-hybridized carbons (Fsp3) is 0.600. The molecule has 1 aliphatic rings. The lowest BCUT2D eigenvalue weighted by Crippen LogP contribution is -2.34. The Kier molecular flexibility index (Phi) is 3.32. The van der Waals surface area contributed by atoms with Crippen molar-refractivity contribution in [3.05, 3.63) is 11.1 Å². The Labute approximate surface area is 103 Å². The first kappa shape index (κ1) is 12.3. The van der Waals surface area contributed by atoms with Gasteiger partial charge in [-0.3, -0.25) is 4.79 Å². The van der Waals surface area contributed by atoms with E-state index in [-0.39, 0.29) is 12.0 Å². The van der Waals surface area contributed by atoms with E-state index >= 15 is 0 Å². The predicted octanol–water partition coefficient (Wildman–Crippen LogP) is 0.607. The number of ether oxygens (including phenoxy) is 2. The lowest BCUT2D eigenvalue weighted by molar-refractivity contribution is -0.137. The molecule has 0 saturated carbocycles. The van der Waals surface area contributed by atoms with Crippen LogP contribution >= 0.6 is 11.3 Å². The van der Waals surface area contributed by atoms with Crippen molar-refractivity contribution in [1.82, 2.24) is 10.3 Å². The van der Waals surface area contributed by atoms with E-state index < -0.39 is 5.79 Å². The predicted molar refractivity (Wildman–Crippen MR) is 63.8 cm³/mol. The number of hydrogen-bond acceptors (Lipinski definition) is 6. The zero-order valence-corrected chi connectivity index (χ0v) is 10.5. The third-order valence-corrected chi connectivity index (χ3v) is 2.99. The number of nitrogens with one attached hydrogen (secondary N) is 1. The molecule has 94 valence electrons. The van der Waals surface area contributed by atoms with Crippen LogP contribution in [-0.2, 0) is 9.47 Å². The minimum atomic E-state index is -0.569. The maximum absolute atomic E-state index is 11.7. The first-order valence-electron chi connectivity index (χ1n) is 5.27. The fourth-order valence-electron chi connectivity index (χ4n) is 1.55. The van der Waals surface area contributed by atoms with E-state index in [0.29, 0.717) is 24.0 Å². The summed E-state index contributed by atoms with van der Waals surface area (Å²) in [5.41, 5.74) is 5.79. The monoisotopic (exact) mass is 257 g/mol. The highest BCUT2D eigenvalue weighted by Gasteiger charge is 2.32. The largest absolute Gasteiger partial charge is 0.375 e. The highest BCUT2D eigenvalue weighted by molar-refractivity contribution is 7.13. The molecule has 0 aliphatic carbocycles. The molecule has 3 N–H and O–H groups in total. The van der Waals surface area contributed by atoms with Gasteiger partial charge in [0.2, 0.25) is 0 Å². The first-order valence-corrected chi connectivity index (χ1v) is 6.15. The summed E-state index contributed by atoms with van der Waals surface area (Å²) in [5, 5.41) is 4.75.